The number of likely N-dealkylation sites (N-methyl/N-ethyl adjacent to an activating group) is 1. The average molecular weight is 482 g/mol. The summed E-state index contributed by atoms with van der Waals surface area (Å²) in [5.74, 6) is 1.77. The monoisotopic (exact) mass is 481 g/mol. The summed E-state index contributed by atoms with van der Waals surface area (Å²) in [5, 5.41) is 3.21. The normalized spacial score (nSPS) is 18.2. The molecule has 2 aromatic carbocycles. The van der Waals surface area contributed by atoms with Crippen LogP contribution in [0.5, 0.6) is 17.2 Å². The van der Waals surface area contributed by atoms with Gasteiger partial charge in [0.15, 0.2) is 0 Å². The van der Waals surface area contributed by atoms with Gasteiger partial charge >= 0.3 is 0 Å². The van der Waals surface area contributed by atoms with Gasteiger partial charge in [-0.25, -0.2) is 0 Å². The molecule has 8 nitrogen and oxygen atoms in total. The summed E-state index contributed by atoms with van der Waals surface area (Å²) in [6, 6.07) is 9.58. The molecule has 2 heterocycles. The molecule has 2 aromatic rings. The molecule has 2 amide bonds. The van der Waals surface area contributed by atoms with Crippen LogP contribution in [0.4, 0.5) is 0 Å². The number of methoxy groups -OCH3 is 2. The minimum Gasteiger partial charge on any atom is -0.497 e. The first-order chi connectivity index (χ1) is 16.9. The predicted molar refractivity (Wildman–Crippen MR) is 134 cm³/mol. The van der Waals surface area contributed by atoms with Crippen molar-refractivity contribution in [3.63, 3.8) is 0 Å². The van der Waals surface area contributed by atoms with Crippen LogP contribution in [-0.4, -0.2) is 75.2 Å². The highest BCUT2D eigenvalue weighted by atomic mass is 16.5. The van der Waals surface area contributed by atoms with Gasteiger partial charge in [-0.05, 0) is 61.8 Å². The molecule has 1 unspecified atom stereocenters. The topological polar surface area (TPSA) is 80.3 Å². The van der Waals surface area contributed by atoms with Crippen LogP contribution in [0.25, 0.3) is 11.1 Å². The van der Waals surface area contributed by atoms with E-state index in [0.717, 1.165) is 42.6 Å². The van der Waals surface area contributed by atoms with Gasteiger partial charge in [0.25, 0.3) is 5.91 Å². The second-order valence-electron chi connectivity index (χ2n) is 9.21. The quantitative estimate of drug-likeness (QED) is 0.682. The number of fused-ring (bicyclic) bond motifs is 1. The third kappa shape index (κ3) is 5.70. The number of hydrogen-bond acceptors (Lipinski definition) is 6. The van der Waals surface area contributed by atoms with Gasteiger partial charge in [0.2, 0.25) is 5.91 Å². The lowest BCUT2D eigenvalue weighted by Gasteiger charge is -2.30. The standard InChI is InChI=1S/C27H35N3O5/c1-5-25(31)30-9-10-35-26-20(16-30)11-18(19-12-22(33-3)15-23(13-19)34-4)14-24(26)27(32)28-21-7-6-8-29(2)17-21/h11-15,21H,5-10,16-17H2,1-4H3,(H,28,32). The van der Waals surface area contributed by atoms with Crippen LogP contribution >= 0.6 is 0 Å². The summed E-state index contributed by atoms with van der Waals surface area (Å²) in [4.78, 5) is 30.1. The maximum atomic E-state index is 13.6. The second-order valence-corrected chi connectivity index (χ2v) is 9.21. The lowest BCUT2D eigenvalue weighted by molar-refractivity contribution is -0.131. The van der Waals surface area contributed by atoms with Gasteiger partial charge in [0, 0.05) is 37.2 Å². The largest absolute Gasteiger partial charge is 0.497 e. The number of hydrogen-bond donors (Lipinski definition) is 1. The molecule has 1 N–H and O–H groups in total. The fourth-order valence-electron chi connectivity index (χ4n) is 4.81. The SMILES string of the molecule is CCC(=O)N1CCOc2c(cc(-c3cc(OC)cc(OC)c3)cc2C(=O)NC2CCCN(C)C2)C1. The minimum atomic E-state index is -0.159. The summed E-state index contributed by atoms with van der Waals surface area (Å²) in [6.45, 7) is 4.94. The Morgan fingerprint density at radius 2 is 1.77 bits per heavy atom. The van der Waals surface area contributed by atoms with Crippen LogP contribution in [0.3, 0.4) is 0 Å². The zero-order chi connectivity index (χ0) is 24.9. The van der Waals surface area contributed by atoms with E-state index in [2.05, 4.69) is 17.3 Å². The number of amides is 2. The van der Waals surface area contributed by atoms with E-state index in [1.54, 1.807) is 19.1 Å². The summed E-state index contributed by atoms with van der Waals surface area (Å²) >= 11 is 0. The van der Waals surface area contributed by atoms with Crippen molar-refractivity contribution in [2.45, 2.75) is 38.8 Å². The van der Waals surface area contributed by atoms with Crippen LogP contribution in [0.15, 0.2) is 30.3 Å². The van der Waals surface area contributed by atoms with E-state index in [0.29, 0.717) is 48.9 Å². The van der Waals surface area contributed by atoms with Crippen molar-refractivity contribution in [1.82, 2.24) is 15.1 Å². The average Bonchev–Trinajstić information content (AvgIpc) is 3.09. The molecule has 35 heavy (non-hydrogen) atoms. The summed E-state index contributed by atoms with van der Waals surface area (Å²) in [5.41, 5.74) is 2.99. The van der Waals surface area contributed by atoms with Crippen molar-refractivity contribution >= 4 is 11.8 Å². The first kappa shape index (κ1) is 24.9. The van der Waals surface area contributed by atoms with E-state index in [1.807, 2.05) is 37.3 Å². The van der Waals surface area contributed by atoms with Crippen molar-refractivity contribution in [3.8, 4) is 28.4 Å². The van der Waals surface area contributed by atoms with E-state index in [-0.39, 0.29) is 17.9 Å². The van der Waals surface area contributed by atoms with Gasteiger partial charge in [-0.1, -0.05) is 6.92 Å². The van der Waals surface area contributed by atoms with E-state index in [9.17, 15) is 9.59 Å². The van der Waals surface area contributed by atoms with Crippen molar-refractivity contribution in [2.75, 3.05) is 47.5 Å². The molecule has 2 aliphatic rings. The number of rotatable bonds is 6. The Morgan fingerprint density at radius 3 is 2.43 bits per heavy atom. The first-order valence-corrected chi connectivity index (χ1v) is 12.2. The molecule has 0 aromatic heterocycles. The van der Waals surface area contributed by atoms with Crippen LogP contribution in [0.1, 0.15) is 42.1 Å². The van der Waals surface area contributed by atoms with E-state index >= 15 is 0 Å². The molecule has 0 radical (unpaired) electrons. The Morgan fingerprint density at radius 1 is 1.06 bits per heavy atom. The number of ether oxygens (including phenoxy) is 3. The predicted octanol–water partition coefficient (Wildman–Crippen LogP) is 3.33. The highest BCUT2D eigenvalue weighted by molar-refractivity contribution is 5.99. The molecule has 1 saturated heterocycles. The molecular formula is C27H35N3O5. The molecular weight excluding hydrogens is 446 g/mol. The highest BCUT2D eigenvalue weighted by Gasteiger charge is 2.27. The van der Waals surface area contributed by atoms with E-state index in [1.165, 1.54) is 0 Å². The Kier molecular flexibility index (Phi) is 7.80. The third-order valence-electron chi connectivity index (χ3n) is 6.68. The Bertz CT molecular complexity index is 1060. The molecule has 188 valence electrons. The molecule has 1 atom stereocenters. The second kappa shape index (κ2) is 11.0. The van der Waals surface area contributed by atoms with Crippen molar-refractivity contribution in [3.05, 3.63) is 41.5 Å². The molecule has 1 fully saturated rings. The van der Waals surface area contributed by atoms with Crippen LogP contribution < -0.4 is 19.5 Å². The fraction of sp³-hybridized carbons (Fsp3) is 0.481. The number of nitrogens with one attached hydrogen (secondary N) is 1. The lowest BCUT2D eigenvalue weighted by atomic mass is 9.96. The third-order valence-corrected chi connectivity index (χ3v) is 6.68. The smallest absolute Gasteiger partial charge is 0.255 e. The van der Waals surface area contributed by atoms with Gasteiger partial charge in [0.1, 0.15) is 23.9 Å². The first-order valence-electron chi connectivity index (χ1n) is 12.2. The molecule has 4 rings (SSSR count). The number of likely N-dealkylation sites (tertiary alicyclic amines) is 1. The minimum absolute atomic E-state index is 0.0612. The molecule has 0 aliphatic carbocycles. The number of carbonyl (C=O) groups excluding carboxylic acids is 2. The number of piperidine rings is 1. The molecule has 0 spiro atoms. The van der Waals surface area contributed by atoms with E-state index in [4.69, 9.17) is 14.2 Å². The van der Waals surface area contributed by atoms with Crippen molar-refractivity contribution < 1.29 is 23.8 Å². The molecule has 0 bridgehead atoms. The van der Waals surface area contributed by atoms with Crippen LogP contribution in [-0.2, 0) is 11.3 Å². The fourth-order valence-corrected chi connectivity index (χ4v) is 4.81. The van der Waals surface area contributed by atoms with E-state index < -0.39 is 0 Å². The Balaban J connectivity index is 1.77. The lowest BCUT2D eigenvalue weighted by Crippen LogP contribution is -2.46. The van der Waals surface area contributed by atoms with Crippen molar-refractivity contribution in [1.29, 1.82) is 0 Å². The molecule has 8 heteroatoms. The van der Waals surface area contributed by atoms with Gasteiger partial charge in [-0.2, -0.15) is 0 Å². The maximum absolute atomic E-state index is 13.6. The Labute approximate surface area is 207 Å². The number of benzene rings is 2. The van der Waals surface area contributed by atoms with Crippen molar-refractivity contribution in [2.24, 2.45) is 0 Å². The Hall–Kier alpha value is -3.26. The van der Waals surface area contributed by atoms with Gasteiger partial charge in [-0.15, -0.1) is 0 Å². The van der Waals surface area contributed by atoms with Gasteiger partial charge in [-0.3, -0.25) is 9.59 Å². The molecule has 2 aliphatic heterocycles. The maximum Gasteiger partial charge on any atom is 0.255 e. The highest BCUT2D eigenvalue weighted by Crippen LogP contribution is 2.36. The zero-order valence-corrected chi connectivity index (χ0v) is 21.1. The number of nitrogens with zero attached hydrogens (tertiary/aromatic N) is 2. The van der Waals surface area contributed by atoms with Gasteiger partial charge < -0.3 is 29.3 Å². The number of carbonyl (C=O) groups is 2. The summed E-state index contributed by atoms with van der Waals surface area (Å²) in [7, 11) is 5.29. The van der Waals surface area contributed by atoms with Crippen LogP contribution in [0, 0.1) is 0 Å². The molecule has 0 saturated carbocycles. The summed E-state index contributed by atoms with van der Waals surface area (Å²) < 4.78 is 17.0. The van der Waals surface area contributed by atoms with Crippen LogP contribution in [0.2, 0.25) is 0 Å². The van der Waals surface area contributed by atoms with Gasteiger partial charge in [0.05, 0.1) is 26.3 Å². The zero-order valence-electron chi connectivity index (χ0n) is 21.1. The summed E-state index contributed by atoms with van der Waals surface area (Å²) in [6.07, 6.45) is 2.42.